The van der Waals surface area contributed by atoms with Crippen molar-refractivity contribution >= 4 is 0 Å². The van der Waals surface area contributed by atoms with Crippen LogP contribution < -0.4 is 5.73 Å². The SMILES string of the molecule is Cc1ccc(C(N)C2CCC(C(F)(F)F)CC2)c(F)c1F. The molecular formula is C15H18F5N. The zero-order chi connectivity index (χ0) is 15.8. The van der Waals surface area contributed by atoms with Crippen molar-refractivity contribution in [1.29, 1.82) is 0 Å². The Labute approximate surface area is 120 Å². The lowest BCUT2D eigenvalue weighted by atomic mass is 9.76. The Morgan fingerprint density at radius 2 is 1.62 bits per heavy atom. The molecule has 1 saturated carbocycles. The lowest BCUT2D eigenvalue weighted by molar-refractivity contribution is -0.184. The molecule has 1 aromatic rings. The normalized spacial score (nSPS) is 24.9. The number of alkyl halides is 3. The molecule has 0 radical (unpaired) electrons. The first-order valence-corrected chi connectivity index (χ1v) is 6.98. The molecule has 1 atom stereocenters. The maximum absolute atomic E-state index is 13.9. The van der Waals surface area contributed by atoms with Gasteiger partial charge in [-0.1, -0.05) is 12.1 Å². The van der Waals surface area contributed by atoms with Crippen LogP contribution in [0.4, 0.5) is 22.0 Å². The van der Waals surface area contributed by atoms with Crippen molar-refractivity contribution in [3.63, 3.8) is 0 Å². The molecule has 2 N–H and O–H groups in total. The van der Waals surface area contributed by atoms with Gasteiger partial charge >= 0.3 is 6.18 Å². The first kappa shape index (κ1) is 16.2. The minimum absolute atomic E-state index is 0.00215. The molecule has 0 spiro atoms. The summed E-state index contributed by atoms with van der Waals surface area (Å²) in [6.45, 7) is 1.45. The maximum Gasteiger partial charge on any atom is 0.391 e. The Morgan fingerprint density at radius 1 is 1.05 bits per heavy atom. The largest absolute Gasteiger partial charge is 0.391 e. The number of benzene rings is 1. The van der Waals surface area contributed by atoms with Crippen LogP contribution in [-0.4, -0.2) is 6.18 Å². The first-order chi connectivity index (χ1) is 9.71. The zero-order valence-electron chi connectivity index (χ0n) is 11.7. The third-order valence-electron chi connectivity index (χ3n) is 4.41. The molecule has 21 heavy (non-hydrogen) atoms. The Balaban J connectivity index is 2.09. The zero-order valence-corrected chi connectivity index (χ0v) is 11.7. The molecule has 0 aromatic heterocycles. The number of hydrogen-bond donors (Lipinski definition) is 1. The van der Waals surface area contributed by atoms with E-state index >= 15 is 0 Å². The fraction of sp³-hybridized carbons (Fsp3) is 0.600. The van der Waals surface area contributed by atoms with Crippen LogP contribution in [-0.2, 0) is 0 Å². The Hall–Kier alpha value is -1.17. The van der Waals surface area contributed by atoms with Gasteiger partial charge in [0.05, 0.1) is 5.92 Å². The van der Waals surface area contributed by atoms with E-state index in [1.165, 1.54) is 19.1 Å². The van der Waals surface area contributed by atoms with Crippen molar-refractivity contribution < 1.29 is 22.0 Å². The van der Waals surface area contributed by atoms with Crippen LogP contribution in [0.3, 0.4) is 0 Å². The van der Waals surface area contributed by atoms with Gasteiger partial charge in [0.2, 0.25) is 0 Å². The van der Waals surface area contributed by atoms with E-state index < -0.39 is 29.8 Å². The van der Waals surface area contributed by atoms with Gasteiger partial charge < -0.3 is 5.73 Å². The van der Waals surface area contributed by atoms with Gasteiger partial charge in [-0.15, -0.1) is 0 Å². The minimum Gasteiger partial charge on any atom is -0.324 e. The summed E-state index contributed by atoms with van der Waals surface area (Å²) in [7, 11) is 0. The second kappa shape index (κ2) is 5.91. The van der Waals surface area contributed by atoms with Crippen LogP contribution in [0, 0.1) is 30.4 Å². The summed E-state index contributed by atoms with van der Waals surface area (Å²) in [6, 6.07) is 2.10. The molecule has 1 aliphatic rings. The van der Waals surface area contributed by atoms with Crippen molar-refractivity contribution in [3.05, 3.63) is 34.9 Å². The molecule has 118 valence electrons. The molecule has 1 nitrogen and oxygen atoms in total. The summed E-state index contributed by atoms with van der Waals surface area (Å²) in [5.74, 6) is -3.48. The van der Waals surface area contributed by atoms with Crippen LogP contribution in [0.25, 0.3) is 0 Å². The van der Waals surface area contributed by atoms with E-state index in [0.717, 1.165) is 0 Å². The molecule has 1 aromatic carbocycles. The average molecular weight is 307 g/mol. The highest BCUT2D eigenvalue weighted by Crippen LogP contribution is 2.43. The molecule has 1 unspecified atom stereocenters. The molecule has 2 rings (SSSR count). The Morgan fingerprint density at radius 3 is 2.14 bits per heavy atom. The topological polar surface area (TPSA) is 26.0 Å². The van der Waals surface area contributed by atoms with E-state index in [9.17, 15) is 22.0 Å². The van der Waals surface area contributed by atoms with Crippen LogP contribution in [0.5, 0.6) is 0 Å². The highest BCUT2D eigenvalue weighted by Gasteiger charge is 2.42. The van der Waals surface area contributed by atoms with Gasteiger partial charge in [-0.05, 0) is 44.1 Å². The van der Waals surface area contributed by atoms with Gasteiger partial charge in [0.1, 0.15) is 0 Å². The number of nitrogens with two attached hydrogens (primary N) is 1. The highest BCUT2D eigenvalue weighted by atomic mass is 19.4. The smallest absolute Gasteiger partial charge is 0.324 e. The van der Waals surface area contributed by atoms with E-state index in [-0.39, 0.29) is 42.7 Å². The Kier molecular flexibility index (Phi) is 4.56. The van der Waals surface area contributed by atoms with Crippen LogP contribution in [0.2, 0.25) is 0 Å². The summed E-state index contributed by atoms with van der Waals surface area (Å²) in [6.07, 6.45) is -3.63. The molecule has 0 bridgehead atoms. The molecule has 0 amide bonds. The fourth-order valence-corrected chi connectivity index (χ4v) is 2.98. The lowest BCUT2D eigenvalue weighted by Gasteiger charge is -2.33. The van der Waals surface area contributed by atoms with Crippen LogP contribution >= 0.6 is 0 Å². The number of aryl methyl sites for hydroxylation is 1. The van der Waals surface area contributed by atoms with Crippen molar-refractivity contribution in [1.82, 2.24) is 0 Å². The quantitative estimate of drug-likeness (QED) is 0.791. The molecule has 1 aliphatic carbocycles. The standard InChI is InChI=1S/C15H18F5N/c1-8-2-7-11(13(17)12(8)16)14(21)9-3-5-10(6-4-9)15(18,19)20/h2,7,9-10,14H,3-6,21H2,1H3. The average Bonchev–Trinajstić information content (AvgIpc) is 2.43. The second-order valence-corrected chi connectivity index (χ2v) is 5.78. The monoisotopic (exact) mass is 307 g/mol. The predicted octanol–water partition coefficient (Wildman–Crippen LogP) is 4.64. The van der Waals surface area contributed by atoms with Crippen molar-refractivity contribution in [3.8, 4) is 0 Å². The predicted molar refractivity (Wildman–Crippen MR) is 69.5 cm³/mol. The molecule has 1 fully saturated rings. The maximum atomic E-state index is 13.9. The first-order valence-electron chi connectivity index (χ1n) is 6.98. The minimum atomic E-state index is -4.18. The summed E-state index contributed by atoms with van der Waals surface area (Å²) < 4.78 is 65.3. The third-order valence-corrected chi connectivity index (χ3v) is 4.41. The van der Waals surface area contributed by atoms with Crippen molar-refractivity contribution in [2.75, 3.05) is 0 Å². The molecule has 0 heterocycles. The van der Waals surface area contributed by atoms with E-state index in [1.54, 1.807) is 0 Å². The van der Waals surface area contributed by atoms with E-state index in [0.29, 0.717) is 0 Å². The summed E-state index contributed by atoms with van der Waals surface area (Å²) in [5, 5.41) is 0. The van der Waals surface area contributed by atoms with Gasteiger partial charge in [-0.3, -0.25) is 0 Å². The van der Waals surface area contributed by atoms with E-state index in [1.807, 2.05) is 0 Å². The Bertz CT molecular complexity index is 504. The van der Waals surface area contributed by atoms with Crippen LogP contribution in [0.1, 0.15) is 42.9 Å². The van der Waals surface area contributed by atoms with E-state index in [2.05, 4.69) is 0 Å². The summed E-state index contributed by atoms with van der Waals surface area (Å²) in [5.41, 5.74) is 6.19. The van der Waals surface area contributed by atoms with Gasteiger partial charge in [-0.25, -0.2) is 8.78 Å². The lowest BCUT2D eigenvalue weighted by Crippen LogP contribution is -2.32. The van der Waals surface area contributed by atoms with Gasteiger partial charge in [0.25, 0.3) is 0 Å². The molecule has 6 heteroatoms. The van der Waals surface area contributed by atoms with E-state index in [4.69, 9.17) is 5.73 Å². The third kappa shape index (κ3) is 3.36. The van der Waals surface area contributed by atoms with Gasteiger partial charge in [0.15, 0.2) is 11.6 Å². The summed E-state index contributed by atoms with van der Waals surface area (Å²) >= 11 is 0. The summed E-state index contributed by atoms with van der Waals surface area (Å²) in [4.78, 5) is 0. The van der Waals surface area contributed by atoms with Crippen molar-refractivity contribution in [2.24, 2.45) is 17.6 Å². The number of rotatable bonds is 2. The highest BCUT2D eigenvalue weighted by molar-refractivity contribution is 5.28. The molecule has 0 aliphatic heterocycles. The fourth-order valence-electron chi connectivity index (χ4n) is 2.98. The molecule has 0 saturated heterocycles. The number of hydrogen-bond acceptors (Lipinski definition) is 1. The molecular weight excluding hydrogens is 289 g/mol. The van der Waals surface area contributed by atoms with Gasteiger partial charge in [0, 0.05) is 11.6 Å². The number of halogens is 5. The van der Waals surface area contributed by atoms with Crippen LogP contribution in [0.15, 0.2) is 12.1 Å². The van der Waals surface area contributed by atoms with Crippen molar-refractivity contribution in [2.45, 2.75) is 44.8 Å². The second-order valence-electron chi connectivity index (χ2n) is 5.78. The van der Waals surface area contributed by atoms with Gasteiger partial charge in [-0.2, -0.15) is 13.2 Å².